The van der Waals surface area contributed by atoms with E-state index in [-0.39, 0.29) is 35.7 Å². The molecule has 0 aromatic heterocycles. The molecule has 1 aromatic carbocycles. The molecule has 7 heteroatoms. The lowest BCUT2D eigenvalue weighted by Crippen LogP contribution is -2.39. The predicted octanol–water partition coefficient (Wildman–Crippen LogP) is 2.03. The summed E-state index contributed by atoms with van der Waals surface area (Å²) < 4.78 is 13.5. The van der Waals surface area contributed by atoms with Crippen molar-refractivity contribution in [3.63, 3.8) is 0 Å². The van der Waals surface area contributed by atoms with Gasteiger partial charge in [0.2, 0.25) is 5.91 Å². The lowest BCUT2D eigenvalue weighted by Gasteiger charge is -2.12. The Kier molecular flexibility index (Phi) is 11.4. The minimum absolute atomic E-state index is 0. The fraction of sp³-hybridized carbons (Fsp3) is 0.467. The van der Waals surface area contributed by atoms with Gasteiger partial charge in [0.15, 0.2) is 5.96 Å². The molecule has 0 aliphatic carbocycles. The molecule has 1 aromatic rings. The lowest BCUT2D eigenvalue weighted by molar-refractivity contribution is -0.120. The minimum Gasteiger partial charge on any atom is -0.356 e. The highest BCUT2D eigenvalue weighted by Crippen LogP contribution is 2.05. The van der Waals surface area contributed by atoms with Crippen LogP contribution in [0.5, 0.6) is 0 Å². The Morgan fingerprint density at radius 3 is 2.55 bits per heavy atom. The van der Waals surface area contributed by atoms with Gasteiger partial charge in [0.25, 0.3) is 0 Å². The van der Waals surface area contributed by atoms with Gasteiger partial charge in [-0.1, -0.05) is 25.1 Å². The van der Waals surface area contributed by atoms with Crippen molar-refractivity contribution in [2.24, 2.45) is 4.99 Å². The van der Waals surface area contributed by atoms with Crippen LogP contribution in [0.3, 0.4) is 0 Å². The summed E-state index contributed by atoms with van der Waals surface area (Å²) in [6.45, 7) is 3.52. The summed E-state index contributed by atoms with van der Waals surface area (Å²) in [5.41, 5.74) is 0.570. The van der Waals surface area contributed by atoms with Crippen molar-refractivity contribution < 1.29 is 9.18 Å². The number of amides is 1. The topological polar surface area (TPSA) is 65.5 Å². The normalized spacial score (nSPS) is 10.6. The average Bonchev–Trinajstić information content (AvgIpc) is 2.50. The second kappa shape index (κ2) is 12.2. The first-order valence-electron chi connectivity index (χ1n) is 7.12. The highest BCUT2D eigenvalue weighted by molar-refractivity contribution is 14.0. The predicted molar refractivity (Wildman–Crippen MR) is 97.9 cm³/mol. The number of benzene rings is 1. The maximum absolute atomic E-state index is 13.5. The number of carbonyl (C=O) groups is 1. The van der Waals surface area contributed by atoms with E-state index in [1.165, 1.54) is 6.07 Å². The van der Waals surface area contributed by atoms with Gasteiger partial charge in [-0.25, -0.2) is 4.39 Å². The number of nitrogens with zero attached hydrogens (tertiary/aromatic N) is 1. The third-order valence-electron chi connectivity index (χ3n) is 2.84. The zero-order chi connectivity index (χ0) is 15.5. The van der Waals surface area contributed by atoms with E-state index in [4.69, 9.17) is 0 Å². The number of hydrogen-bond donors (Lipinski definition) is 3. The molecule has 0 saturated heterocycles. The number of guanidine groups is 1. The van der Waals surface area contributed by atoms with Crippen molar-refractivity contribution in [3.05, 3.63) is 35.6 Å². The molecule has 5 nitrogen and oxygen atoms in total. The summed E-state index contributed by atoms with van der Waals surface area (Å²) in [5.74, 6) is 0.301. The Hall–Kier alpha value is -1.38. The van der Waals surface area contributed by atoms with E-state index in [0.29, 0.717) is 37.6 Å². The van der Waals surface area contributed by atoms with Crippen molar-refractivity contribution in [2.45, 2.75) is 26.3 Å². The Balaban J connectivity index is 0.00000441. The molecule has 0 spiro atoms. The number of carbonyl (C=O) groups excluding carboxylic acids is 1. The molecule has 0 unspecified atom stereocenters. The summed E-state index contributed by atoms with van der Waals surface area (Å²) in [5, 5.41) is 8.83. The molecule has 1 amide bonds. The number of rotatable bonds is 7. The Morgan fingerprint density at radius 2 is 1.91 bits per heavy atom. The molecule has 0 atom stereocenters. The highest BCUT2D eigenvalue weighted by Gasteiger charge is 2.04. The van der Waals surface area contributed by atoms with Crippen molar-refractivity contribution in [3.8, 4) is 0 Å². The smallest absolute Gasteiger partial charge is 0.221 e. The van der Waals surface area contributed by atoms with Crippen LogP contribution in [-0.4, -0.2) is 32.0 Å². The molecule has 0 aliphatic heterocycles. The molecule has 124 valence electrons. The molecule has 1 rings (SSSR count). The quantitative estimate of drug-likeness (QED) is 0.358. The SMILES string of the molecule is CCCNC(=O)CCNC(=NC)NCc1ccccc1F.I. The highest BCUT2D eigenvalue weighted by atomic mass is 127. The van der Waals surface area contributed by atoms with Crippen molar-refractivity contribution in [1.29, 1.82) is 0 Å². The van der Waals surface area contributed by atoms with Gasteiger partial charge in [0.05, 0.1) is 0 Å². The number of hydrogen-bond acceptors (Lipinski definition) is 2. The van der Waals surface area contributed by atoms with Crippen LogP contribution in [0.25, 0.3) is 0 Å². The summed E-state index contributed by atoms with van der Waals surface area (Å²) in [6.07, 6.45) is 1.30. The van der Waals surface area contributed by atoms with Gasteiger partial charge >= 0.3 is 0 Å². The van der Waals surface area contributed by atoms with Gasteiger partial charge < -0.3 is 16.0 Å². The third kappa shape index (κ3) is 8.16. The first-order chi connectivity index (χ1) is 10.2. The first kappa shape index (κ1) is 20.6. The van der Waals surface area contributed by atoms with E-state index in [2.05, 4.69) is 20.9 Å². The van der Waals surface area contributed by atoms with E-state index in [0.717, 1.165) is 6.42 Å². The van der Waals surface area contributed by atoms with Gasteiger partial charge in [0, 0.05) is 38.7 Å². The van der Waals surface area contributed by atoms with Crippen molar-refractivity contribution in [2.75, 3.05) is 20.1 Å². The zero-order valence-corrected chi connectivity index (χ0v) is 15.3. The molecular formula is C15H24FIN4O. The molecule has 0 aliphatic rings. The molecule has 0 bridgehead atoms. The van der Waals surface area contributed by atoms with Crippen LogP contribution < -0.4 is 16.0 Å². The number of nitrogens with one attached hydrogen (secondary N) is 3. The van der Waals surface area contributed by atoms with Crippen molar-refractivity contribution >= 4 is 35.8 Å². The standard InChI is InChI=1S/C15H23FN4O.HI/c1-3-9-18-14(21)8-10-19-15(17-2)20-11-12-6-4-5-7-13(12)16;/h4-7H,3,8-11H2,1-2H3,(H,18,21)(H2,17,19,20);1H. The van der Waals surface area contributed by atoms with Crippen LogP contribution in [0, 0.1) is 5.82 Å². The van der Waals surface area contributed by atoms with Crippen molar-refractivity contribution in [1.82, 2.24) is 16.0 Å². The van der Waals surface area contributed by atoms with E-state index < -0.39 is 0 Å². The van der Waals surface area contributed by atoms with Gasteiger partial charge in [-0.3, -0.25) is 9.79 Å². The van der Waals surface area contributed by atoms with Gasteiger partial charge in [0.1, 0.15) is 5.82 Å². The molecule has 0 heterocycles. The fourth-order valence-corrected chi connectivity index (χ4v) is 1.69. The van der Waals surface area contributed by atoms with E-state index in [1.807, 2.05) is 6.92 Å². The summed E-state index contributed by atoms with van der Waals surface area (Å²) in [4.78, 5) is 15.5. The molecule has 0 fully saturated rings. The zero-order valence-electron chi connectivity index (χ0n) is 13.0. The maximum Gasteiger partial charge on any atom is 0.221 e. The monoisotopic (exact) mass is 422 g/mol. The van der Waals surface area contributed by atoms with Crippen LogP contribution in [0.2, 0.25) is 0 Å². The van der Waals surface area contributed by atoms with Crippen LogP contribution in [0.1, 0.15) is 25.3 Å². The van der Waals surface area contributed by atoms with Gasteiger partial charge in [-0.15, -0.1) is 24.0 Å². The van der Waals surface area contributed by atoms with Crippen LogP contribution in [0.4, 0.5) is 4.39 Å². The minimum atomic E-state index is -0.251. The molecule has 22 heavy (non-hydrogen) atoms. The number of aliphatic imine (C=N–C) groups is 1. The van der Waals surface area contributed by atoms with Crippen LogP contribution in [0.15, 0.2) is 29.3 Å². The Labute approximate surface area is 148 Å². The largest absolute Gasteiger partial charge is 0.356 e. The molecule has 0 radical (unpaired) electrons. The molecular weight excluding hydrogens is 398 g/mol. The maximum atomic E-state index is 13.5. The Morgan fingerprint density at radius 1 is 1.18 bits per heavy atom. The lowest BCUT2D eigenvalue weighted by atomic mass is 10.2. The second-order valence-corrected chi connectivity index (χ2v) is 4.54. The van der Waals surface area contributed by atoms with Gasteiger partial charge in [-0.05, 0) is 12.5 Å². The van der Waals surface area contributed by atoms with E-state index in [9.17, 15) is 9.18 Å². The first-order valence-corrected chi connectivity index (χ1v) is 7.12. The summed E-state index contributed by atoms with van der Waals surface area (Å²) in [6, 6.07) is 6.58. The molecule has 3 N–H and O–H groups in total. The van der Waals surface area contributed by atoms with Gasteiger partial charge in [-0.2, -0.15) is 0 Å². The Bertz CT molecular complexity index is 482. The second-order valence-electron chi connectivity index (χ2n) is 4.54. The molecule has 0 saturated carbocycles. The average molecular weight is 422 g/mol. The fourth-order valence-electron chi connectivity index (χ4n) is 1.69. The third-order valence-corrected chi connectivity index (χ3v) is 2.84. The van der Waals surface area contributed by atoms with Crippen LogP contribution >= 0.6 is 24.0 Å². The summed E-state index contributed by atoms with van der Waals surface area (Å²) in [7, 11) is 1.63. The number of halogens is 2. The van der Waals surface area contributed by atoms with Crippen LogP contribution in [-0.2, 0) is 11.3 Å². The van der Waals surface area contributed by atoms with E-state index >= 15 is 0 Å². The summed E-state index contributed by atoms with van der Waals surface area (Å²) >= 11 is 0. The van der Waals surface area contributed by atoms with E-state index in [1.54, 1.807) is 25.2 Å².